The fourth-order valence-corrected chi connectivity index (χ4v) is 3.37. The van der Waals surface area contributed by atoms with Crippen molar-refractivity contribution < 1.29 is 4.79 Å². The molecule has 0 bridgehead atoms. The van der Waals surface area contributed by atoms with Crippen molar-refractivity contribution in [2.24, 2.45) is 0 Å². The second kappa shape index (κ2) is 7.40. The third-order valence-electron chi connectivity index (χ3n) is 3.68. The summed E-state index contributed by atoms with van der Waals surface area (Å²) >= 11 is 1.56. The van der Waals surface area contributed by atoms with E-state index < -0.39 is 0 Å². The van der Waals surface area contributed by atoms with Crippen LogP contribution in [-0.2, 0) is 13.0 Å². The molecule has 0 aliphatic carbocycles. The number of hydrogen-bond donors (Lipinski definition) is 0. The summed E-state index contributed by atoms with van der Waals surface area (Å²) in [5.74, 6) is -0.0434. The summed E-state index contributed by atoms with van der Waals surface area (Å²) in [4.78, 5) is 18.7. The Morgan fingerprint density at radius 2 is 2.21 bits per heavy atom. The molecule has 2 aromatic heterocycles. The van der Waals surface area contributed by atoms with Gasteiger partial charge in [-0.05, 0) is 36.6 Å². The number of thiazole rings is 1. The summed E-state index contributed by atoms with van der Waals surface area (Å²) in [6, 6.07) is 9.92. The predicted molar refractivity (Wildman–Crippen MR) is 95.5 cm³/mol. The van der Waals surface area contributed by atoms with Gasteiger partial charge in [-0.3, -0.25) is 4.79 Å². The third kappa shape index (κ3) is 3.71. The highest BCUT2D eigenvalue weighted by Gasteiger charge is 2.15. The van der Waals surface area contributed by atoms with Crippen LogP contribution < -0.4 is 0 Å². The average molecular weight is 340 g/mol. The van der Waals surface area contributed by atoms with Gasteiger partial charge in [0.15, 0.2) is 0 Å². The second-order valence-corrected chi connectivity index (χ2v) is 6.60. The summed E-state index contributed by atoms with van der Waals surface area (Å²) in [5, 5.41) is 7.11. The van der Waals surface area contributed by atoms with Gasteiger partial charge >= 0.3 is 0 Å². The van der Waals surface area contributed by atoms with Gasteiger partial charge in [-0.2, -0.15) is 5.10 Å². The van der Waals surface area contributed by atoms with Gasteiger partial charge < -0.3 is 4.90 Å². The predicted octanol–water partition coefficient (Wildman–Crippen LogP) is 3.55. The minimum absolute atomic E-state index is 0.0434. The lowest BCUT2D eigenvalue weighted by Gasteiger charge is -2.16. The van der Waals surface area contributed by atoms with E-state index >= 15 is 0 Å². The van der Waals surface area contributed by atoms with Crippen molar-refractivity contribution in [3.63, 3.8) is 0 Å². The van der Waals surface area contributed by atoms with Crippen LogP contribution in [-0.4, -0.2) is 32.6 Å². The zero-order chi connectivity index (χ0) is 16.9. The van der Waals surface area contributed by atoms with E-state index in [0.717, 1.165) is 29.1 Å². The number of aromatic nitrogens is 3. The van der Waals surface area contributed by atoms with Crippen molar-refractivity contribution in [3.8, 4) is 5.69 Å². The van der Waals surface area contributed by atoms with Crippen LogP contribution in [0.1, 0.15) is 34.4 Å². The van der Waals surface area contributed by atoms with Crippen molar-refractivity contribution in [1.82, 2.24) is 19.7 Å². The molecule has 124 valence electrons. The van der Waals surface area contributed by atoms with E-state index in [0.29, 0.717) is 12.2 Å². The Morgan fingerprint density at radius 3 is 2.96 bits per heavy atom. The van der Waals surface area contributed by atoms with Gasteiger partial charge in [-0.25, -0.2) is 9.67 Å². The quantitative estimate of drug-likeness (QED) is 0.689. The Balaban J connectivity index is 1.70. The average Bonchev–Trinajstić information content (AvgIpc) is 3.26. The molecule has 1 amide bonds. The Labute approximate surface area is 145 Å². The van der Waals surface area contributed by atoms with Crippen LogP contribution in [0.4, 0.5) is 0 Å². The van der Waals surface area contributed by atoms with E-state index in [1.54, 1.807) is 22.4 Å². The number of carbonyl (C=O) groups excluding carboxylic acids is 1. The second-order valence-electron chi connectivity index (χ2n) is 5.66. The first-order valence-electron chi connectivity index (χ1n) is 7.96. The molecule has 0 radical (unpaired) electrons. The topological polar surface area (TPSA) is 51.0 Å². The van der Waals surface area contributed by atoms with Gasteiger partial charge in [-0.15, -0.1) is 11.3 Å². The molecule has 0 aliphatic rings. The summed E-state index contributed by atoms with van der Waals surface area (Å²) < 4.78 is 1.81. The lowest BCUT2D eigenvalue weighted by Crippen LogP contribution is -2.26. The van der Waals surface area contributed by atoms with Crippen molar-refractivity contribution in [3.05, 3.63) is 64.4 Å². The largest absolute Gasteiger partial charge is 0.336 e. The molecule has 3 aromatic rings. The highest BCUT2D eigenvalue weighted by atomic mass is 32.1. The molecule has 6 heteroatoms. The molecule has 0 unspecified atom stereocenters. The van der Waals surface area contributed by atoms with Gasteiger partial charge in [-0.1, -0.05) is 19.1 Å². The van der Waals surface area contributed by atoms with Crippen molar-refractivity contribution in [2.45, 2.75) is 26.3 Å². The van der Waals surface area contributed by atoms with E-state index in [1.165, 1.54) is 0 Å². The van der Waals surface area contributed by atoms with Crippen molar-refractivity contribution in [2.75, 3.05) is 7.05 Å². The SMILES string of the molecule is CCCc1nc(C(=O)N(C)Cc2cccc(-n3cccn3)c2)cs1. The number of amides is 1. The van der Waals surface area contributed by atoms with Crippen LogP contribution >= 0.6 is 11.3 Å². The minimum atomic E-state index is -0.0434. The third-order valence-corrected chi connectivity index (χ3v) is 4.59. The molecular formula is C18H20N4OS. The number of hydrogen-bond acceptors (Lipinski definition) is 4. The molecule has 24 heavy (non-hydrogen) atoms. The molecule has 1 aromatic carbocycles. The van der Waals surface area contributed by atoms with Crippen LogP contribution in [0.15, 0.2) is 48.1 Å². The van der Waals surface area contributed by atoms with Gasteiger partial charge in [0.2, 0.25) is 0 Å². The monoisotopic (exact) mass is 340 g/mol. The molecule has 3 rings (SSSR count). The number of nitrogens with zero attached hydrogens (tertiary/aromatic N) is 4. The number of rotatable bonds is 6. The standard InChI is InChI=1S/C18H20N4OS/c1-3-6-17-20-16(13-24-17)18(23)21(2)12-14-7-4-8-15(11-14)22-10-5-9-19-22/h4-5,7-11,13H,3,6,12H2,1-2H3. The van der Waals surface area contributed by atoms with Crippen LogP contribution in [0.2, 0.25) is 0 Å². The smallest absolute Gasteiger partial charge is 0.273 e. The van der Waals surface area contributed by atoms with Gasteiger partial charge in [0, 0.05) is 31.4 Å². The molecule has 0 fully saturated rings. The Morgan fingerprint density at radius 1 is 1.33 bits per heavy atom. The first-order chi connectivity index (χ1) is 11.7. The molecule has 2 heterocycles. The molecule has 0 saturated carbocycles. The minimum Gasteiger partial charge on any atom is -0.336 e. The molecule has 5 nitrogen and oxygen atoms in total. The normalized spacial score (nSPS) is 10.8. The summed E-state index contributed by atoms with van der Waals surface area (Å²) in [6.07, 6.45) is 5.61. The Kier molecular flexibility index (Phi) is 5.05. The summed E-state index contributed by atoms with van der Waals surface area (Å²) in [5.41, 5.74) is 2.58. The van der Waals surface area contributed by atoms with Crippen LogP contribution in [0.3, 0.4) is 0 Å². The number of aryl methyl sites for hydroxylation is 1. The molecule has 0 spiro atoms. The Bertz CT molecular complexity index is 810. The first-order valence-corrected chi connectivity index (χ1v) is 8.84. The maximum absolute atomic E-state index is 12.5. The van der Waals surface area contributed by atoms with Crippen molar-refractivity contribution >= 4 is 17.2 Å². The van der Waals surface area contributed by atoms with Gasteiger partial charge in [0.25, 0.3) is 5.91 Å². The Hall–Kier alpha value is -2.47. The van der Waals surface area contributed by atoms with E-state index in [-0.39, 0.29) is 5.91 Å². The maximum atomic E-state index is 12.5. The van der Waals surface area contributed by atoms with E-state index in [2.05, 4.69) is 17.0 Å². The van der Waals surface area contributed by atoms with E-state index in [1.807, 2.05) is 53.6 Å². The maximum Gasteiger partial charge on any atom is 0.273 e. The fourth-order valence-electron chi connectivity index (χ4n) is 2.50. The van der Waals surface area contributed by atoms with Gasteiger partial charge in [0.05, 0.1) is 10.7 Å². The highest BCUT2D eigenvalue weighted by molar-refractivity contribution is 7.09. The molecule has 0 N–H and O–H groups in total. The molecular weight excluding hydrogens is 320 g/mol. The molecule has 0 saturated heterocycles. The molecule has 0 atom stereocenters. The zero-order valence-electron chi connectivity index (χ0n) is 13.8. The van der Waals surface area contributed by atoms with Crippen molar-refractivity contribution in [1.29, 1.82) is 0 Å². The fraction of sp³-hybridized carbons (Fsp3) is 0.278. The lowest BCUT2D eigenvalue weighted by molar-refractivity contribution is 0.0780. The number of carbonyl (C=O) groups is 1. The van der Waals surface area contributed by atoms with E-state index in [4.69, 9.17) is 0 Å². The van der Waals surface area contributed by atoms with Crippen LogP contribution in [0.25, 0.3) is 5.69 Å². The lowest BCUT2D eigenvalue weighted by atomic mass is 10.2. The summed E-state index contributed by atoms with van der Waals surface area (Å²) in [6.45, 7) is 2.65. The number of benzene rings is 1. The van der Waals surface area contributed by atoms with E-state index in [9.17, 15) is 4.79 Å². The first kappa shape index (κ1) is 16.4. The highest BCUT2D eigenvalue weighted by Crippen LogP contribution is 2.16. The zero-order valence-corrected chi connectivity index (χ0v) is 14.7. The van der Waals surface area contributed by atoms with Crippen LogP contribution in [0, 0.1) is 0 Å². The molecule has 0 aliphatic heterocycles. The summed E-state index contributed by atoms with van der Waals surface area (Å²) in [7, 11) is 1.81. The van der Waals surface area contributed by atoms with Crippen LogP contribution in [0.5, 0.6) is 0 Å². The van der Waals surface area contributed by atoms with Gasteiger partial charge in [0.1, 0.15) is 5.69 Å².